The van der Waals surface area contributed by atoms with Gasteiger partial charge in [-0.25, -0.2) is 0 Å². The van der Waals surface area contributed by atoms with Crippen LogP contribution >= 0.6 is 0 Å². The molecule has 0 aliphatic heterocycles. The molecule has 38 heavy (non-hydrogen) atoms. The van der Waals surface area contributed by atoms with Gasteiger partial charge in [0.05, 0.1) is 37.7 Å². The molecule has 2 N–H and O–H groups in total. The number of nitrogens with zero attached hydrogens (tertiary/aromatic N) is 1. The van der Waals surface area contributed by atoms with Gasteiger partial charge in [0.1, 0.15) is 0 Å². The average Bonchev–Trinajstić information content (AvgIpc) is 2.88. The smallest absolute Gasteiger partial charge is 0.306 e. The SMILES string of the molecule is CCCCCCCCCCCCCC/C=C/[N+](CCC(C)C(=O)[O-])(CCC(C)C(=O)O)CCC(C)C(=O)O. The van der Waals surface area contributed by atoms with Crippen LogP contribution < -0.4 is 5.11 Å². The van der Waals surface area contributed by atoms with Gasteiger partial charge in [0.15, 0.2) is 0 Å². The Kier molecular flexibility index (Phi) is 20.9. The molecule has 3 atom stereocenters. The Hall–Kier alpha value is -1.89. The Labute approximate surface area is 232 Å². The minimum Gasteiger partial charge on any atom is -0.550 e. The van der Waals surface area contributed by atoms with Crippen molar-refractivity contribution < 1.29 is 34.2 Å². The molecule has 0 spiro atoms. The van der Waals surface area contributed by atoms with Gasteiger partial charge in [-0.15, -0.1) is 0 Å². The van der Waals surface area contributed by atoms with Crippen LogP contribution in [-0.4, -0.2) is 52.2 Å². The molecule has 0 bridgehead atoms. The number of unbranched alkanes of at least 4 members (excludes halogenated alkanes) is 12. The van der Waals surface area contributed by atoms with Crippen LogP contribution in [0.1, 0.15) is 130 Å². The van der Waals surface area contributed by atoms with E-state index in [2.05, 4.69) is 19.2 Å². The minimum absolute atomic E-state index is 0.397. The number of rotatable bonds is 26. The number of carboxylic acids is 3. The molecule has 0 aliphatic rings. The van der Waals surface area contributed by atoms with Crippen molar-refractivity contribution in [2.75, 3.05) is 19.6 Å². The number of hydrogen-bond donors (Lipinski definition) is 2. The number of aliphatic carboxylic acids is 3. The van der Waals surface area contributed by atoms with Crippen LogP contribution in [0.15, 0.2) is 12.3 Å². The molecule has 0 radical (unpaired) electrons. The summed E-state index contributed by atoms with van der Waals surface area (Å²) in [6.45, 7) is 8.82. The van der Waals surface area contributed by atoms with Crippen molar-refractivity contribution in [2.45, 2.75) is 130 Å². The number of hydrogen-bond acceptors (Lipinski definition) is 4. The Bertz CT molecular complexity index is 617. The third-order valence-electron chi connectivity index (χ3n) is 7.91. The first-order valence-electron chi connectivity index (χ1n) is 15.2. The third kappa shape index (κ3) is 18.4. The molecule has 0 fully saturated rings. The number of allylic oxidation sites excluding steroid dienone is 1. The minimum atomic E-state index is -1.10. The lowest BCUT2D eigenvalue weighted by molar-refractivity contribution is -0.881. The van der Waals surface area contributed by atoms with Crippen LogP contribution in [0.4, 0.5) is 0 Å². The van der Waals surface area contributed by atoms with Gasteiger partial charge < -0.3 is 20.1 Å². The van der Waals surface area contributed by atoms with E-state index in [4.69, 9.17) is 0 Å². The van der Waals surface area contributed by atoms with Gasteiger partial charge in [0.2, 0.25) is 0 Å². The van der Waals surface area contributed by atoms with Crippen molar-refractivity contribution in [3.63, 3.8) is 0 Å². The van der Waals surface area contributed by atoms with Crippen LogP contribution in [-0.2, 0) is 14.4 Å². The van der Waals surface area contributed by atoms with Gasteiger partial charge in [-0.2, -0.15) is 0 Å². The van der Waals surface area contributed by atoms with Crippen molar-refractivity contribution in [1.82, 2.24) is 0 Å². The predicted octanol–water partition coefficient (Wildman–Crippen LogP) is 6.41. The van der Waals surface area contributed by atoms with Gasteiger partial charge in [0.25, 0.3) is 0 Å². The molecule has 3 unspecified atom stereocenters. The molecule has 0 rings (SSSR count). The topological polar surface area (TPSA) is 115 Å². The Morgan fingerprint density at radius 2 is 1.03 bits per heavy atom. The maximum Gasteiger partial charge on any atom is 0.306 e. The van der Waals surface area contributed by atoms with Gasteiger partial charge in [-0.05, 0) is 18.9 Å². The van der Waals surface area contributed by atoms with Crippen molar-refractivity contribution in [1.29, 1.82) is 0 Å². The molecule has 0 saturated carbocycles. The first kappa shape index (κ1) is 36.1. The van der Waals surface area contributed by atoms with Crippen LogP contribution in [0.3, 0.4) is 0 Å². The van der Waals surface area contributed by atoms with Crippen LogP contribution in [0.5, 0.6) is 0 Å². The number of quaternary nitrogens is 1. The lowest BCUT2D eigenvalue weighted by atomic mass is 10.0. The van der Waals surface area contributed by atoms with E-state index in [1.54, 1.807) is 20.8 Å². The molecular weight excluding hydrogens is 482 g/mol. The standard InChI is InChI=1S/C31H57NO6/c1-5-6-7-8-9-10-11-12-13-14-15-16-17-18-22-32(23-19-26(2)29(33)34,24-20-27(3)30(35)36)25-21-28(4)31(37)38/h18,22,26-28H,5-17,19-21,23-25H2,1-4H3,(H2-,33,34,35,36,37,38)/b22-18+. The van der Waals surface area contributed by atoms with Gasteiger partial charge in [0, 0.05) is 31.1 Å². The quantitative estimate of drug-likeness (QED) is 0.0970. The molecule has 0 heterocycles. The molecule has 0 saturated heterocycles. The van der Waals surface area contributed by atoms with E-state index in [-0.39, 0.29) is 0 Å². The zero-order chi connectivity index (χ0) is 28.8. The Morgan fingerprint density at radius 1 is 0.658 bits per heavy atom. The second kappa shape index (κ2) is 22.0. The van der Waals surface area contributed by atoms with Gasteiger partial charge in [-0.3, -0.25) is 14.1 Å². The molecule has 7 nitrogen and oxygen atoms in total. The summed E-state index contributed by atoms with van der Waals surface area (Å²) in [7, 11) is 0. The number of carbonyl (C=O) groups is 3. The summed E-state index contributed by atoms with van der Waals surface area (Å²) in [6.07, 6.45) is 21.9. The second-order valence-corrected chi connectivity index (χ2v) is 11.5. The summed E-state index contributed by atoms with van der Waals surface area (Å²) in [5.74, 6) is -4.47. The maximum absolute atomic E-state index is 11.4. The molecule has 7 heteroatoms. The number of carbonyl (C=O) groups excluding carboxylic acids is 1. The van der Waals surface area contributed by atoms with E-state index in [1.807, 2.05) is 0 Å². The van der Waals surface area contributed by atoms with Crippen molar-refractivity contribution in [3.8, 4) is 0 Å². The average molecular weight is 540 g/mol. The summed E-state index contributed by atoms with van der Waals surface area (Å²) < 4.78 is 0.408. The van der Waals surface area contributed by atoms with E-state index < -0.39 is 35.7 Å². The van der Waals surface area contributed by atoms with Gasteiger partial charge in [-0.1, -0.05) is 98.3 Å². The van der Waals surface area contributed by atoms with E-state index >= 15 is 0 Å². The zero-order valence-corrected chi connectivity index (χ0v) is 24.8. The largest absolute Gasteiger partial charge is 0.550 e. The summed E-state index contributed by atoms with van der Waals surface area (Å²) in [6, 6.07) is 0. The molecule has 0 aromatic carbocycles. The molecule has 222 valence electrons. The number of carboxylic acid groups (broad SMARTS) is 3. The summed E-state index contributed by atoms with van der Waals surface area (Å²) in [5, 5.41) is 30.1. The second-order valence-electron chi connectivity index (χ2n) is 11.5. The van der Waals surface area contributed by atoms with Crippen LogP contribution in [0.25, 0.3) is 0 Å². The van der Waals surface area contributed by atoms with E-state index in [9.17, 15) is 29.7 Å². The highest BCUT2D eigenvalue weighted by Gasteiger charge is 2.29. The highest BCUT2D eigenvalue weighted by atomic mass is 16.4. The third-order valence-corrected chi connectivity index (χ3v) is 7.91. The fourth-order valence-corrected chi connectivity index (χ4v) is 4.68. The lowest BCUT2D eigenvalue weighted by Crippen LogP contribution is -2.48. The van der Waals surface area contributed by atoms with Crippen molar-refractivity contribution in [2.24, 2.45) is 17.8 Å². The van der Waals surface area contributed by atoms with Crippen LogP contribution in [0, 0.1) is 17.8 Å². The van der Waals surface area contributed by atoms with Crippen molar-refractivity contribution >= 4 is 17.9 Å². The summed E-state index contributed by atoms with van der Waals surface area (Å²) >= 11 is 0. The molecule has 0 aromatic rings. The normalized spacial score (nSPS) is 15.7. The van der Waals surface area contributed by atoms with Crippen molar-refractivity contribution in [3.05, 3.63) is 12.3 Å². The zero-order valence-electron chi connectivity index (χ0n) is 24.8. The summed E-state index contributed by atoms with van der Waals surface area (Å²) in [5.41, 5.74) is 0. The van der Waals surface area contributed by atoms with Crippen LogP contribution in [0.2, 0.25) is 0 Å². The molecule has 0 aromatic heterocycles. The predicted molar refractivity (Wildman–Crippen MR) is 151 cm³/mol. The first-order chi connectivity index (χ1) is 18.0. The molecule has 0 amide bonds. The Morgan fingerprint density at radius 3 is 1.39 bits per heavy atom. The summed E-state index contributed by atoms with van der Waals surface area (Å²) in [4.78, 5) is 34.2. The Balaban J connectivity index is 4.89. The van der Waals surface area contributed by atoms with E-state index in [1.165, 1.54) is 70.6 Å². The highest BCUT2D eigenvalue weighted by Crippen LogP contribution is 2.21. The maximum atomic E-state index is 11.4. The lowest BCUT2D eigenvalue weighted by Gasteiger charge is -2.37. The first-order valence-corrected chi connectivity index (χ1v) is 15.2. The van der Waals surface area contributed by atoms with Gasteiger partial charge >= 0.3 is 11.9 Å². The molecular formula is C31H57NO6. The van der Waals surface area contributed by atoms with E-state index in [0.717, 1.165) is 12.8 Å². The fraction of sp³-hybridized carbons (Fsp3) is 0.839. The monoisotopic (exact) mass is 539 g/mol. The fourth-order valence-electron chi connectivity index (χ4n) is 4.68. The van der Waals surface area contributed by atoms with E-state index in [0.29, 0.717) is 43.4 Å². The molecule has 0 aliphatic carbocycles. The highest BCUT2D eigenvalue weighted by molar-refractivity contribution is 5.69.